The highest BCUT2D eigenvalue weighted by molar-refractivity contribution is 7.14. The van der Waals surface area contributed by atoms with Crippen LogP contribution < -0.4 is 10.2 Å². The Kier molecular flexibility index (Phi) is 5.71. The third-order valence-corrected chi connectivity index (χ3v) is 6.00. The molecule has 154 valence electrons. The number of carbonyl (C=O) groups is 1. The smallest absolute Gasteiger partial charge is 0.270 e. The van der Waals surface area contributed by atoms with Gasteiger partial charge in [0.05, 0.1) is 21.9 Å². The molecular weight excluding hydrogens is 402 g/mol. The maximum absolute atomic E-state index is 13.1. The molecule has 3 heterocycles. The molecule has 9 heteroatoms. The van der Waals surface area contributed by atoms with Crippen molar-refractivity contribution in [3.05, 3.63) is 63.8 Å². The molecule has 1 aromatic carbocycles. The van der Waals surface area contributed by atoms with Crippen molar-refractivity contribution >= 4 is 33.8 Å². The number of rotatable bonds is 5. The second kappa shape index (κ2) is 8.58. The van der Waals surface area contributed by atoms with Crippen molar-refractivity contribution < 1.29 is 9.72 Å². The van der Waals surface area contributed by atoms with Crippen LogP contribution in [0.5, 0.6) is 0 Å². The fourth-order valence-electron chi connectivity index (χ4n) is 3.49. The summed E-state index contributed by atoms with van der Waals surface area (Å²) in [6.07, 6.45) is 5.44. The number of non-ortho nitro benzene ring substituents is 1. The summed E-state index contributed by atoms with van der Waals surface area (Å²) in [4.78, 5) is 34.5. The molecule has 0 radical (unpaired) electrons. The van der Waals surface area contributed by atoms with Gasteiger partial charge < -0.3 is 4.90 Å². The summed E-state index contributed by atoms with van der Waals surface area (Å²) < 4.78 is 0. The molecule has 0 bridgehead atoms. The van der Waals surface area contributed by atoms with Crippen LogP contribution in [0.1, 0.15) is 30.1 Å². The number of aromatic nitrogens is 2. The van der Waals surface area contributed by atoms with Gasteiger partial charge in [0.25, 0.3) is 11.6 Å². The minimum atomic E-state index is -0.483. The number of hydrogen-bond donors (Lipinski definition) is 1. The number of amides is 1. The van der Waals surface area contributed by atoms with Gasteiger partial charge in [0.15, 0.2) is 5.13 Å². The first kappa shape index (κ1) is 20.0. The first-order chi connectivity index (χ1) is 14.5. The molecule has 0 aliphatic carbocycles. The summed E-state index contributed by atoms with van der Waals surface area (Å²) in [6.45, 7) is 3.85. The predicted molar refractivity (Wildman–Crippen MR) is 117 cm³/mol. The molecule has 1 aliphatic rings. The van der Waals surface area contributed by atoms with Gasteiger partial charge in [0, 0.05) is 48.6 Å². The molecule has 1 amide bonds. The fourth-order valence-corrected chi connectivity index (χ4v) is 4.20. The zero-order valence-corrected chi connectivity index (χ0v) is 17.3. The summed E-state index contributed by atoms with van der Waals surface area (Å²) in [5.41, 5.74) is 2.47. The number of carbonyl (C=O) groups excluding carboxylic acids is 1. The van der Waals surface area contributed by atoms with Gasteiger partial charge in [0.1, 0.15) is 0 Å². The van der Waals surface area contributed by atoms with Gasteiger partial charge in [-0.3, -0.25) is 25.2 Å². The van der Waals surface area contributed by atoms with E-state index in [0.29, 0.717) is 22.4 Å². The molecule has 1 fully saturated rings. The van der Waals surface area contributed by atoms with Crippen LogP contribution in [-0.2, 0) is 0 Å². The van der Waals surface area contributed by atoms with Crippen LogP contribution in [0.15, 0.2) is 48.1 Å². The second-order valence-corrected chi connectivity index (χ2v) is 8.22. The summed E-state index contributed by atoms with van der Waals surface area (Å²) in [5, 5.41) is 16.3. The number of anilines is 2. The Morgan fingerprint density at radius 1 is 1.30 bits per heavy atom. The van der Waals surface area contributed by atoms with E-state index < -0.39 is 10.8 Å². The van der Waals surface area contributed by atoms with Crippen LogP contribution >= 0.6 is 11.3 Å². The van der Waals surface area contributed by atoms with Gasteiger partial charge in [-0.05, 0) is 37.0 Å². The molecule has 0 atom stereocenters. The van der Waals surface area contributed by atoms with E-state index in [0.717, 1.165) is 31.5 Å². The van der Waals surface area contributed by atoms with E-state index in [-0.39, 0.29) is 11.3 Å². The normalized spacial score (nSPS) is 14.5. The minimum absolute atomic E-state index is 0.107. The van der Waals surface area contributed by atoms with E-state index in [1.807, 2.05) is 17.5 Å². The molecule has 0 saturated carbocycles. The van der Waals surface area contributed by atoms with Crippen molar-refractivity contribution in [2.24, 2.45) is 5.92 Å². The van der Waals surface area contributed by atoms with Gasteiger partial charge in [-0.1, -0.05) is 6.92 Å². The average Bonchev–Trinajstić information content (AvgIpc) is 3.23. The molecule has 0 unspecified atom stereocenters. The van der Waals surface area contributed by atoms with Crippen LogP contribution in [0.2, 0.25) is 0 Å². The van der Waals surface area contributed by atoms with E-state index in [1.54, 1.807) is 18.5 Å². The molecule has 0 spiro atoms. The molecule has 1 N–H and O–H groups in total. The van der Waals surface area contributed by atoms with Crippen molar-refractivity contribution in [2.75, 3.05) is 23.3 Å². The lowest BCUT2D eigenvalue weighted by Crippen LogP contribution is -2.34. The molecule has 1 saturated heterocycles. The monoisotopic (exact) mass is 423 g/mol. The van der Waals surface area contributed by atoms with Gasteiger partial charge in [0.2, 0.25) is 0 Å². The van der Waals surface area contributed by atoms with Crippen LogP contribution in [0.3, 0.4) is 0 Å². The summed E-state index contributed by atoms with van der Waals surface area (Å²) in [5.74, 6) is 0.234. The Hall–Kier alpha value is -3.33. The lowest BCUT2D eigenvalue weighted by atomic mass is 9.98. The lowest BCUT2D eigenvalue weighted by Gasteiger charge is -2.33. The number of nitrogens with one attached hydrogen (secondary N) is 1. The maximum atomic E-state index is 13.1. The van der Waals surface area contributed by atoms with E-state index >= 15 is 0 Å². The van der Waals surface area contributed by atoms with Crippen LogP contribution in [0.25, 0.3) is 11.3 Å². The number of pyridine rings is 1. The van der Waals surface area contributed by atoms with E-state index in [4.69, 9.17) is 0 Å². The van der Waals surface area contributed by atoms with E-state index in [2.05, 4.69) is 27.1 Å². The fraction of sp³-hybridized carbons (Fsp3) is 0.286. The summed E-state index contributed by atoms with van der Waals surface area (Å²) >= 11 is 1.30. The zero-order chi connectivity index (χ0) is 21.1. The van der Waals surface area contributed by atoms with E-state index in [9.17, 15) is 14.9 Å². The Bertz CT molecular complexity index is 1060. The third-order valence-electron chi connectivity index (χ3n) is 5.24. The largest absolute Gasteiger partial charge is 0.371 e. The second-order valence-electron chi connectivity index (χ2n) is 7.36. The minimum Gasteiger partial charge on any atom is -0.371 e. The summed E-state index contributed by atoms with van der Waals surface area (Å²) in [6, 6.07) is 8.18. The van der Waals surface area contributed by atoms with Crippen LogP contribution in [-0.4, -0.2) is 33.9 Å². The van der Waals surface area contributed by atoms with Gasteiger partial charge in [-0.2, -0.15) is 0 Å². The number of benzene rings is 1. The number of nitrogens with zero attached hydrogens (tertiary/aromatic N) is 4. The Morgan fingerprint density at radius 2 is 2.10 bits per heavy atom. The topological polar surface area (TPSA) is 101 Å². The Morgan fingerprint density at radius 3 is 2.80 bits per heavy atom. The SMILES string of the molecule is CC1CCN(c2ccc([N+](=O)[O-])cc2C(=O)Nc2nc(-c3cccnc3)cs2)CC1. The van der Waals surface area contributed by atoms with Gasteiger partial charge >= 0.3 is 0 Å². The van der Waals surface area contributed by atoms with Crippen molar-refractivity contribution in [3.8, 4) is 11.3 Å². The number of nitro benzene ring substituents is 1. The van der Waals surface area contributed by atoms with Crippen LogP contribution in [0.4, 0.5) is 16.5 Å². The molecule has 3 aromatic rings. The zero-order valence-electron chi connectivity index (χ0n) is 16.4. The third kappa shape index (κ3) is 4.30. The van der Waals surface area contributed by atoms with Crippen LogP contribution in [0, 0.1) is 16.0 Å². The molecular formula is C21H21N5O3S. The molecule has 1 aliphatic heterocycles. The average molecular weight is 423 g/mol. The highest BCUT2D eigenvalue weighted by atomic mass is 32.1. The van der Waals surface area contributed by atoms with Crippen molar-refractivity contribution in [3.63, 3.8) is 0 Å². The summed E-state index contributed by atoms with van der Waals surface area (Å²) in [7, 11) is 0. The highest BCUT2D eigenvalue weighted by Crippen LogP contribution is 2.31. The van der Waals surface area contributed by atoms with Crippen molar-refractivity contribution in [1.29, 1.82) is 0 Å². The van der Waals surface area contributed by atoms with Crippen molar-refractivity contribution in [1.82, 2.24) is 9.97 Å². The predicted octanol–water partition coefficient (Wildman–Crippen LogP) is 4.60. The quantitative estimate of drug-likeness (QED) is 0.475. The first-order valence-corrected chi connectivity index (χ1v) is 10.6. The lowest BCUT2D eigenvalue weighted by molar-refractivity contribution is -0.384. The highest BCUT2D eigenvalue weighted by Gasteiger charge is 2.24. The molecule has 8 nitrogen and oxygen atoms in total. The Labute approximate surface area is 177 Å². The van der Waals surface area contributed by atoms with E-state index in [1.165, 1.54) is 23.5 Å². The number of thiazole rings is 1. The molecule has 2 aromatic heterocycles. The molecule has 4 rings (SSSR count). The Balaban J connectivity index is 1.60. The first-order valence-electron chi connectivity index (χ1n) is 9.72. The van der Waals surface area contributed by atoms with Gasteiger partial charge in [-0.15, -0.1) is 11.3 Å². The maximum Gasteiger partial charge on any atom is 0.270 e. The molecule has 30 heavy (non-hydrogen) atoms. The van der Waals surface area contributed by atoms with Gasteiger partial charge in [-0.25, -0.2) is 4.98 Å². The number of hydrogen-bond acceptors (Lipinski definition) is 7. The van der Waals surface area contributed by atoms with Crippen molar-refractivity contribution in [2.45, 2.75) is 19.8 Å². The standard InChI is InChI=1S/C21H21N5O3S/c1-14-6-9-25(10-7-14)19-5-4-16(26(28)29)11-17(19)20(27)24-21-23-18(13-30-21)15-3-2-8-22-12-15/h2-5,8,11-14H,6-7,9-10H2,1H3,(H,23,24,27). The number of piperidine rings is 1. The number of nitro groups is 1.